The highest BCUT2D eigenvalue weighted by Crippen LogP contribution is 2.31. The van der Waals surface area contributed by atoms with Gasteiger partial charge in [-0.2, -0.15) is 0 Å². The van der Waals surface area contributed by atoms with Crippen LogP contribution >= 0.6 is 0 Å². The summed E-state index contributed by atoms with van der Waals surface area (Å²) in [5, 5.41) is 12.0. The van der Waals surface area contributed by atoms with Gasteiger partial charge in [0, 0.05) is 5.41 Å². The van der Waals surface area contributed by atoms with Crippen molar-refractivity contribution in [1.82, 2.24) is 0 Å². The second-order valence-electron chi connectivity index (χ2n) is 5.02. The number of rotatable bonds is 2. The van der Waals surface area contributed by atoms with Gasteiger partial charge in [-0.15, -0.1) is 0 Å². The molecule has 0 spiro atoms. The van der Waals surface area contributed by atoms with Crippen molar-refractivity contribution in [3.05, 3.63) is 47.5 Å². The zero-order chi connectivity index (χ0) is 11.8. The number of fused-ring (bicyclic) bond motifs is 1. The molecule has 84 valence electrons. The molecule has 0 fully saturated rings. The Labute approximate surface area is 96.7 Å². The predicted molar refractivity (Wildman–Crippen MR) is 68.8 cm³/mol. The van der Waals surface area contributed by atoms with E-state index in [-0.39, 0.29) is 12.0 Å². The maximum absolute atomic E-state index is 9.48. The molecule has 1 nitrogen and oxygen atoms in total. The largest absolute Gasteiger partial charge is 0.395 e. The fourth-order valence-electron chi connectivity index (χ4n) is 2.14. The molecule has 1 heteroatoms. The highest BCUT2D eigenvalue weighted by molar-refractivity contribution is 5.89. The van der Waals surface area contributed by atoms with E-state index in [1.807, 2.05) is 0 Å². The molecule has 0 aromatic heterocycles. The van der Waals surface area contributed by atoms with Gasteiger partial charge in [0.2, 0.25) is 0 Å². The van der Waals surface area contributed by atoms with Gasteiger partial charge in [-0.25, -0.2) is 0 Å². The molecular formula is C15H18O. The minimum Gasteiger partial charge on any atom is -0.395 e. The Morgan fingerprint density at radius 3 is 2.31 bits per heavy atom. The van der Waals surface area contributed by atoms with Crippen molar-refractivity contribution in [3.63, 3.8) is 0 Å². The first kappa shape index (κ1) is 11.2. The molecule has 0 aliphatic rings. The number of aryl methyl sites for hydroxylation is 1. The van der Waals surface area contributed by atoms with E-state index in [9.17, 15) is 5.11 Å². The Morgan fingerprint density at radius 2 is 1.62 bits per heavy atom. The van der Waals surface area contributed by atoms with Crippen molar-refractivity contribution in [3.8, 4) is 0 Å². The van der Waals surface area contributed by atoms with E-state index in [1.54, 1.807) is 0 Å². The van der Waals surface area contributed by atoms with Crippen molar-refractivity contribution >= 4 is 10.8 Å². The molecule has 0 heterocycles. The Kier molecular flexibility index (Phi) is 2.73. The lowest BCUT2D eigenvalue weighted by molar-refractivity contribution is 0.219. The van der Waals surface area contributed by atoms with Gasteiger partial charge in [-0.05, 0) is 28.8 Å². The van der Waals surface area contributed by atoms with Crippen molar-refractivity contribution in [2.24, 2.45) is 0 Å². The van der Waals surface area contributed by atoms with Gasteiger partial charge < -0.3 is 5.11 Å². The molecule has 0 aliphatic heterocycles. The van der Waals surface area contributed by atoms with Gasteiger partial charge in [-0.1, -0.05) is 50.2 Å². The molecule has 0 atom stereocenters. The lowest BCUT2D eigenvalue weighted by Crippen LogP contribution is -2.22. The number of aliphatic hydroxyl groups is 1. The van der Waals surface area contributed by atoms with E-state index in [2.05, 4.69) is 57.2 Å². The van der Waals surface area contributed by atoms with Crippen LogP contribution in [0.25, 0.3) is 10.8 Å². The van der Waals surface area contributed by atoms with E-state index in [1.165, 1.54) is 21.9 Å². The smallest absolute Gasteiger partial charge is 0.0522 e. The van der Waals surface area contributed by atoms with Crippen LogP contribution in [-0.2, 0) is 5.41 Å². The van der Waals surface area contributed by atoms with Crippen molar-refractivity contribution in [2.45, 2.75) is 26.2 Å². The molecular weight excluding hydrogens is 196 g/mol. The van der Waals surface area contributed by atoms with Crippen LogP contribution in [0.4, 0.5) is 0 Å². The van der Waals surface area contributed by atoms with Crippen LogP contribution in [0.3, 0.4) is 0 Å². The average Bonchev–Trinajstić information content (AvgIpc) is 2.29. The average molecular weight is 214 g/mol. The summed E-state index contributed by atoms with van der Waals surface area (Å²) in [5.74, 6) is 0. The second kappa shape index (κ2) is 3.91. The molecule has 0 radical (unpaired) electrons. The fraction of sp³-hybridized carbons (Fsp3) is 0.333. The summed E-state index contributed by atoms with van der Waals surface area (Å²) in [6, 6.07) is 12.7. The maximum atomic E-state index is 9.48. The molecule has 0 saturated carbocycles. The number of benzene rings is 2. The van der Waals surface area contributed by atoms with Crippen LogP contribution in [0.5, 0.6) is 0 Å². The third kappa shape index (κ3) is 1.72. The molecule has 0 unspecified atom stereocenters. The van der Waals surface area contributed by atoms with Crippen LogP contribution in [0.2, 0.25) is 0 Å². The SMILES string of the molecule is Cc1cccc2c(C(C)(C)CO)cccc12. The normalized spacial score (nSPS) is 12.0. The zero-order valence-electron chi connectivity index (χ0n) is 10.1. The Morgan fingerprint density at radius 1 is 1.00 bits per heavy atom. The first-order valence-electron chi connectivity index (χ1n) is 5.66. The molecule has 0 bridgehead atoms. The van der Waals surface area contributed by atoms with Crippen molar-refractivity contribution in [2.75, 3.05) is 6.61 Å². The highest BCUT2D eigenvalue weighted by Gasteiger charge is 2.21. The van der Waals surface area contributed by atoms with Crippen LogP contribution in [0, 0.1) is 6.92 Å². The van der Waals surface area contributed by atoms with Gasteiger partial charge in [0.25, 0.3) is 0 Å². The highest BCUT2D eigenvalue weighted by atomic mass is 16.3. The first-order valence-corrected chi connectivity index (χ1v) is 5.66. The quantitative estimate of drug-likeness (QED) is 0.812. The Bertz CT molecular complexity index is 512. The monoisotopic (exact) mass is 214 g/mol. The van der Waals surface area contributed by atoms with Crippen molar-refractivity contribution in [1.29, 1.82) is 0 Å². The van der Waals surface area contributed by atoms with Gasteiger partial charge in [0.05, 0.1) is 6.61 Å². The van der Waals surface area contributed by atoms with E-state index < -0.39 is 0 Å². The number of hydrogen-bond acceptors (Lipinski definition) is 1. The third-order valence-corrected chi connectivity index (χ3v) is 3.26. The summed E-state index contributed by atoms with van der Waals surface area (Å²) in [7, 11) is 0. The summed E-state index contributed by atoms with van der Waals surface area (Å²) in [6.07, 6.45) is 0. The van der Waals surface area contributed by atoms with E-state index in [0.29, 0.717) is 0 Å². The van der Waals surface area contributed by atoms with Gasteiger partial charge >= 0.3 is 0 Å². The summed E-state index contributed by atoms with van der Waals surface area (Å²) in [5.41, 5.74) is 2.32. The topological polar surface area (TPSA) is 20.2 Å². The number of aliphatic hydroxyl groups excluding tert-OH is 1. The van der Waals surface area contributed by atoms with E-state index in [4.69, 9.17) is 0 Å². The molecule has 0 aliphatic carbocycles. The minimum atomic E-state index is -0.187. The summed E-state index contributed by atoms with van der Waals surface area (Å²) in [6.45, 7) is 6.44. The van der Waals surface area contributed by atoms with Crippen molar-refractivity contribution < 1.29 is 5.11 Å². The third-order valence-electron chi connectivity index (χ3n) is 3.26. The zero-order valence-corrected chi connectivity index (χ0v) is 10.1. The molecule has 2 aromatic rings. The van der Waals surface area contributed by atoms with E-state index >= 15 is 0 Å². The first-order chi connectivity index (χ1) is 7.56. The van der Waals surface area contributed by atoms with Crippen LogP contribution in [0.15, 0.2) is 36.4 Å². The van der Waals surface area contributed by atoms with Gasteiger partial charge in [-0.3, -0.25) is 0 Å². The molecule has 2 rings (SSSR count). The molecule has 2 aromatic carbocycles. The van der Waals surface area contributed by atoms with Gasteiger partial charge in [0.15, 0.2) is 0 Å². The summed E-state index contributed by atoms with van der Waals surface area (Å²) in [4.78, 5) is 0. The fourth-order valence-corrected chi connectivity index (χ4v) is 2.14. The number of hydrogen-bond donors (Lipinski definition) is 1. The minimum absolute atomic E-state index is 0.167. The second-order valence-corrected chi connectivity index (χ2v) is 5.02. The molecule has 0 saturated heterocycles. The maximum Gasteiger partial charge on any atom is 0.0522 e. The Hall–Kier alpha value is -1.34. The summed E-state index contributed by atoms with van der Waals surface area (Å²) < 4.78 is 0. The molecule has 0 amide bonds. The van der Waals surface area contributed by atoms with E-state index in [0.717, 1.165) is 0 Å². The lowest BCUT2D eigenvalue weighted by atomic mass is 9.82. The Balaban J connectivity index is 2.77. The van der Waals surface area contributed by atoms with Crippen LogP contribution in [-0.4, -0.2) is 11.7 Å². The van der Waals surface area contributed by atoms with Crippen LogP contribution < -0.4 is 0 Å². The van der Waals surface area contributed by atoms with Crippen LogP contribution in [0.1, 0.15) is 25.0 Å². The summed E-state index contributed by atoms with van der Waals surface area (Å²) >= 11 is 0. The molecule has 1 N–H and O–H groups in total. The lowest BCUT2D eigenvalue weighted by Gasteiger charge is -2.24. The van der Waals surface area contributed by atoms with Gasteiger partial charge in [0.1, 0.15) is 0 Å². The standard InChI is InChI=1S/C15H18O/c1-11-6-4-8-13-12(11)7-5-9-14(13)15(2,3)10-16/h4-9,16H,10H2,1-3H3. The predicted octanol–water partition coefficient (Wildman–Crippen LogP) is 3.42. The molecule has 16 heavy (non-hydrogen) atoms.